The van der Waals surface area contributed by atoms with E-state index in [1.807, 2.05) is 0 Å². The van der Waals surface area contributed by atoms with Crippen molar-refractivity contribution in [2.24, 2.45) is 5.92 Å². The van der Waals surface area contributed by atoms with Crippen molar-refractivity contribution in [3.63, 3.8) is 0 Å². The van der Waals surface area contributed by atoms with Crippen molar-refractivity contribution in [3.8, 4) is 0 Å². The maximum absolute atomic E-state index is 12.4. The molecular weight excluding hydrogens is 366 g/mol. The number of nitrogens with zero attached hydrogens (tertiary/aromatic N) is 3. The van der Waals surface area contributed by atoms with Crippen molar-refractivity contribution in [1.29, 1.82) is 0 Å². The van der Waals surface area contributed by atoms with Gasteiger partial charge in [0.2, 0.25) is 0 Å². The molecule has 1 saturated heterocycles. The zero-order chi connectivity index (χ0) is 20.1. The molecule has 2 heterocycles. The van der Waals surface area contributed by atoms with E-state index in [0.29, 0.717) is 36.8 Å². The van der Waals surface area contributed by atoms with Crippen molar-refractivity contribution < 1.29 is 23.9 Å². The lowest BCUT2D eigenvalue weighted by Gasteiger charge is -2.30. The van der Waals surface area contributed by atoms with E-state index in [9.17, 15) is 19.2 Å². The molecular formula is C19H21N3O6. The summed E-state index contributed by atoms with van der Waals surface area (Å²) in [5, 5.41) is 0.405. The number of para-hydroxylation sites is 1. The Morgan fingerprint density at radius 1 is 1.18 bits per heavy atom. The number of esters is 2. The Hall–Kier alpha value is -3.23. The van der Waals surface area contributed by atoms with Crippen LogP contribution in [0.4, 0.5) is 0 Å². The largest absolute Gasteiger partial charge is 0.469 e. The lowest BCUT2D eigenvalue weighted by molar-refractivity contribution is -0.154. The van der Waals surface area contributed by atoms with E-state index in [4.69, 9.17) is 9.47 Å². The lowest BCUT2D eigenvalue weighted by atomic mass is 9.97. The van der Waals surface area contributed by atoms with Gasteiger partial charge >= 0.3 is 11.9 Å². The predicted octanol–water partition coefficient (Wildman–Crippen LogP) is 0.351. The van der Waals surface area contributed by atoms with Crippen molar-refractivity contribution >= 4 is 28.7 Å². The highest BCUT2D eigenvalue weighted by Gasteiger charge is 2.28. The second-order valence-corrected chi connectivity index (χ2v) is 6.53. The Balaban J connectivity index is 1.51. The molecule has 0 aliphatic carbocycles. The minimum absolute atomic E-state index is 0.205. The van der Waals surface area contributed by atoms with Gasteiger partial charge in [-0.1, -0.05) is 12.1 Å². The van der Waals surface area contributed by atoms with Gasteiger partial charge in [0.05, 0.1) is 30.3 Å². The van der Waals surface area contributed by atoms with Gasteiger partial charge in [-0.25, -0.2) is 4.98 Å². The smallest absolute Gasteiger partial charge is 0.326 e. The number of carbonyl (C=O) groups excluding carboxylic acids is 3. The molecule has 0 bridgehead atoms. The number of fused-ring (bicyclic) bond motifs is 1. The fourth-order valence-corrected chi connectivity index (χ4v) is 3.17. The molecule has 0 saturated carbocycles. The summed E-state index contributed by atoms with van der Waals surface area (Å²) >= 11 is 0. The van der Waals surface area contributed by atoms with Crippen molar-refractivity contribution in [2.75, 3.05) is 26.8 Å². The second kappa shape index (κ2) is 8.64. The third-order valence-electron chi connectivity index (χ3n) is 4.77. The van der Waals surface area contributed by atoms with E-state index < -0.39 is 12.6 Å². The van der Waals surface area contributed by atoms with Crippen LogP contribution < -0.4 is 5.56 Å². The van der Waals surface area contributed by atoms with Crippen LogP contribution >= 0.6 is 0 Å². The third kappa shape index (κ3) is 4.36. The third-order valence-corrected chi connectivity index (χ3v) is 4.77. The van der Waals surface area contributed by atoms with E-state index in [1.165, 1.54) is 13.4 Å². The lowest BCUT2D eigenvalue weighted by Crippen LogP contribution is -2.42. The number of hydrogen-bond donors (Lipinski definition) is 0. The normalized spacial score (nSPS) is 14.7. The summed E-state index contributed by atoms with van der Waals surface area (Å²) in [5.41, 5.74) is 0.196. The Labute approximate surface area is 160 Å². The average molecular weight is 387 g/mol. The van der Waals surface area contributed by atoms with Crippen LogP contribution in [0.15, 0.2) is 35.4 Å². The summed E-state index contributed by atoms with van der Waals surface area (Å²) in [7, 11) is 1.34. The molecule has 1 fully saturated rings. The highest BCUT2D eigenvalue weighted by Crippen LogP contribution is 2.18. The minimum atomic E-state index is -0.697. The molecule has 9 heteroatoms. The van der Waals surface area contributed by atoms with E-state index in [-0.39, 0.29) is 29.9 Å². The number of hydrogen-bond acceptors (Lipinski definition) is 7. The Morgan fingerprint density at radius 3 is 2.61 bits per heavy atom. The average Bonchev–Trinajstić information content (AvgIpc) is 2.73. The molecule has 0 unspecified atom stereocenters. The molecule has 0 N–H and O–H groups in total. The minimum Gasteiger partial charge on any atom is -0.469 e. The summed E-state index contributed by atoms with van der Waals surface area (Å²) in [6.07, 6.45) is 2.32. The van der Waals surface area contributed by atoms with Gasteiger partial charge in [-0.15, -0.1) is 0 Å². The molecule has 1 amide bonds. The van der Waals surface area contributed by atoms with Gasteiger partial charge in [-0.2, -0.15) is 0 Å². The quantitative estimate of drug-likeness (QED) is 0.681. The summed E-state index contributed by atoms with van der Waals surface area (Å²) in [4.78, 5) is 53.8. The Bertz CT molecular complexity index is 946. The fraction of sp³-hybridized carbons (Fsp3) is 0.421. The molecule has 0 atom stereocenters. The number of methoxy groups -OCH3 is 1. The molecule has 148 valence electrons. The topological polar surface area (TPSA) is 108 Å². The first-order valence-electron chi connectivity index (χ1n) is 8.95. The standard InChI is InChI=1S/C19H21N3O6/c1-27-19(26)13-6-8-21(9-7-13)16(23)11-28-17(24)10-22-12-20-15-5-3-2-4-14(15)18(22)25/h2-5,12-13H,6-11H2,1H3. The number of aromatic nitrogens is 2. The van der Waals surface area contributed by atoms with Gasteiger partial charge in [-0.05, 0) is 25.0 Å². The number of rotatable bonds is 5. The number of ether oxygens (including phenoxy) is 2. The summed E-state index contributed by atoms with van der Waals surface area (Å²) in [6, 6.07) is 6.83. The highest BCUT2D eigenvalue weighted by atomic mass is 16.5. The van der Waals surface area contributed by atoms with Gasteiger partial charge in [0.25, 0.3) is 11.5 Å². The molecule has 1 aromatic carbocycles. The number of likely N-dealkylation sites (tertiary alicyclic amines) is 1. The second-order valence-electron chi connectivity index (χ2n) is 6.53. The first kappa shape index (κ1) is 19.5. The summed E-state index contributed by atoms with van der Waals surface area (Å²) < 4.78 is 10.9. The van der Waals surface area contributed by atoms with Crippen molar-refractivity contribution in [3.05, 3.63) is 40.9 Å². The van der Waals surface area contributed by atoms with Crippen LogP contribution in [0.5, 0.6) is 0 Å². The zero-order valence-corrected chi connectivity index (χ0v) is 15.5. The maximum Gasteiger partial charge on any atom is 0.326 e. The van der Waals surface area contributed by atoms with E-state index in [2.05, 4.69) is 4.98 Å². The van der Waals surface area contributed by atoms with E-state index in [0.717, 1.165) is 4.57 Å². The SMILES string of the molecule is COC(=O)C1CCN(C(=O)COC(=O)Cn2cnc3ccccc3c2=O)CC1. The summed E-state index contributed by atoms with van der Waals surface area (Å²) in [6.45, 7) is 0.0836. The van der Waals surface area contributed by atoms with E-state index in [1.54, 1.807) is 29.2 Å². The molecule has 0 spiro atoms. The van der Waals surface area contributed by atoms with Crippen molar-refractivity contribution in [2.45, 2.75) is 19.4 Å². The fourth-order valence-electron chi connectivity index (χ4n) is 3.17. The predicted molar refractivity (Wildman–Crippen MR) is 98.3 cm³/mol. The number of benzene rings is 1. The van der Waals surface area contributed by atoms with Gasteiger partial charge in [-0.3, -0.25) is 23.7 Å². The van der Waals surface area contributed by atoms with Gasteiger partial charge < -0.3 is 14.4 Å². The van der Waals surface area contributed by atoms with Gasteiger partial charge in [0, 0.05) is 13.1 Å². The Kier molecular flexibility index (Phi) is 6.03. The van der Waals surface area contributed by atoms with Crippen LogP contribution in [0.2, 0.25) is 0 Å². The van der Waals surface area contributed by atoms with Crippen LogP contribution in [-0.4, -0.2) is 59.1 Å². The van der Waals surface area contributed by atoms with Crippen LogP contribution in [0.3, 0.4) is 0 Å². The highest BCUT2D eigenvalue weighted by molar-refractivity contribution is 5.81. The zero-order valence-electron chi connectivity index (χ0n) is 15.5. The van der Waals surface area contributed by atoms with E-state index >= 15 is 0 Å². The molecule has 2 aromatic rings. The van der Waals surface area contributed by atoms with Crippen LogP contribution in [0.1, 0.15) is 12.8 Å². The van der Waals surface area contributed by atoms with Crippen LogP contribution in [-0.2, 0) is 30.4 Å². The molecule has 9 nitrogen and oxygen atoms in total. The number of piperidine rings is 1. The van der Waals surface area contributed by atoms with Crippen molar-refractivity contribution in [1.82, 2.24) is 14.5 Å². The number of amides is 1. The molecule has 1 aromatic heterocycles. The molecule has 1 aliphatic rings. The molecule has 0 radical (unpaired) electrons. The Morgan fingerprint density at radius 2 is 1.89 bits per heavy atom. The van der Waals surface area contributed by atoms with Gasteiger partial charge in [0.15, 0.2) is 6.61 Å². The monoisotopic (exact) mass is 387 g/mol. The van der Waals surface area contributed by atoms with Gasteiger partial charge in [0.1, 0.15) is 6.54 Å². The first-order valence-corrected chi connectivity index (χ1v) is 8.95. The first-order chi connectivity index (χ1) is 13.5. The maximum atomic E-state index is 12.4. The van der Waals surface area contributed by atoms with Crippen LogP contribution in [0, 0.1) is 5.92 Å². The van der Waals surface area contributed by atoms with Crippen LogP contribution in [0.25, 0.3) is 10.9 Å². The molecule has 1 aliphatic heterocycles. The number of carbonyl (C=O) groups is 3. The molecule has 3 rings (SSSR count). The summed E-state index contributed by atoms with van der Waals surface area (Å²) in [5.74, 6) is -1.51. The molecule has 28 heavy (non-hydrogen) atoms.